The molecule has 2 atom stereocenters. The first-order valence-electron chi connectivity index (χ1n) is 9.17. The quantitative estimate of drug-likeness (QED) is 0.435. The van der Waals surface area contributed by atoms with Crippen molar-refractivity contribution in [3.8, 4) is 11.6 Å². The van der Waals surface area contributed by atoms with Gasteiger partial charge in [-0.05, 0) is 30.5 Å². The van der Waals surface area contributed by atoms with Crippen molar-refractivity contribution in [3.05, 3.63) is 66.9 Å². The molecule has 2 heterocycles. The highest BCUT2D eigenvalue weighted by Gasteiger charge is 2.21. The number of carbonyl (C=O) groups excluding carboxylic acids is 1. The van der Waals surface area contributed by atoms with Crippen LogP contribution in [0.2, 0.25) is 0 Å². The maximum absolute atomic E-state index is 12.6. The van der Waals surface area contributed by atoms with Crippen LogP contribution in [0.3, 0.4) is 0 Å². The van der Waals surface area contributed by atoms with Gasteiger partial charge in [-0.1, -0.05) is 55.1 Å². The zero-order chi connectivity index (χ0) is 19.9. The Morgan fingerprint density at radius 2 is 2.04 bits per heavy atom. The topological polar surface area (TPSA) is 73.0 Å². The number of amides is 1. The van der Waals surface area contributed by atoms with Crippen LogP contribution >= 0.6 is 11.8 Å². The van der Waals surface area contributed by atoms with Crippen molar-refractivity contribution in [2.24, 2.45) is 0 Å². The molecule has 2 aromatic heterocycles. The number of hydrogen-bond donors (Lipinski definition) is 1. The van der Waals surface area contributed by atoms with E-state index >= 15 is 0 Å². The van der Waals surface area contributed by atoms with Crippen molar-refractivity contribution in [2.45, 2.75) is 36.7 Å². The Morgan fingerprint density at radius 3 is 2.71 bits per heavy atom. The van der Waals surface area contributed by atoms with E-state index in [0.717, 1.165) is 0 Å². The van der Waals surface area contributed by atoms with Gasteiger partial charge in [-0.2, -0.15) is 0 Å². The molecule has 28 heavy (non-hydrogen) atoms. The third-order valence-electron chi connectivity index (χ3n) is 4.37. The molecule has 1 aromatic carbocycles. The summed E-state index contributed by atoms with van der Waals surface area (Å²) in [4.78, 5) is 12.6. The zero-order valence-electron chi connectivity index (χ0n) is 16.0. The summed E-state index contributed by atoms with van der Waals surface area (Å²) >= 11 is 1.37. The molecule has 0 aliphatic rings. The van der Waals surface area contributed by atoms with Crippen molar-refractivity contribution in [1.29, 1.82) is 0 Å². The van der Waals surface area contributed by atoms with Crippen molar-refractivity contribution < 1.29 is 9.21 Å². The summed E-state index contributed by atoms with van der Waals surface area (Å²) < 4.78 is 7.33. The molecule has 6 nitrogen and oxygen atoms in total. The Kier molecular flexibility index (Phi) is 6.71. The van der Waals surface area contributed by atoms with Gasteiger partial charge < -0.3 is 9.73 Å². The standard InChI is InChI=1S/C21H24N4O2S/c1-4-12-25-19(18-11-8-13-27-18)23-24-21(25)28-16(3)20(26)22-14-15(2)17-9-6-5-7-10-17/h4-11,13,15-16H,1,12,14H2,2-3H3,(H,22,26). The number of furan rings is 1. The first-order valence-corrected chi connectivity index (χ1v) is 10.1. The second kappa shape index (κ2) is 9.41. The van der Waals surface area contributed by atoms with Gasteiger partial charge in [-0.3, -0.25) is 9.36 Å². The predicted molar refractivity (Wildman–Crippen MR) is 111 cm³/mol. The summed E-state index contributed by atoms with van der Waals surface area (Å²) in [6.45, 7) is 8.88. The van der Waals surface area contributed by atoms with Crippen LogP contribution in [0, 0.1) is 0 Å². The SMILES string of the molecule is C=CCn1c(SC(C)C(=O)NCC(C)c2ccccc2)nnc1-c1ccco1. The van der Waals surface area contributed by atoms with E-state index in [0.29, 0.717) is 29.8 Å². The van der Waals surface area contributed by atoms with Gasteiger partial charge >= 0.3 is 0 Å². The van der Waals surface area contributed by atoms with Gasteiger partial charge in [0.1, 0.15) is 0 Å². The van der Waals surface area contributed by atoms with Gasteiger partial charge in [0, 0.05) is 13.1 Å². The Hall–Kier alpha value is -2.80. The fourth-order valence-corrected chi connectivity index (χ4v) is 3.65. The molecule has 0 fully saturated rings. The molecule has 7 heteroatoms. The van der Waals surface area contributed by atoms with Gasteiger partial charge in [0.15, 0.2) is 10.9 Å². The van der Waals surface area contributed by atoms with Crippen LogP contribution in [-0.4, -0.2) is 32.5 Å². The average Bonchev–Trinajstić information content (AvgIpc) is 3.37. The Morgan fingerprint density at radius 1 is 1.25 bits per heavy atom. The van der Waals surface area contributed by atoms with E-state index in [1.807, 2.05) is 35.8 Å². The van der Waals surface area contributed by atoms with E-state index in [2.05, 4.69) is 41.1 Å². The molecule has 0 aliphatic carbocycles. The average molecular weight is 397 g/mol. The number of allylic oxidation sites excluding steroid dienone is 1. The number of nitrogens with zero attached hydrogens (tertiary/aromatic N) is 3. The highest BCUT2D eigenvalue weighted by Crippen LogP contribution is 2.27. The molecule has 3 rings (SSSR count). The monoisotopic (exact) mass is 396 g/mol. The summed E-state index contributed by atoms with van der Waals surface area (Å²) in [6, 6.07) is 13.8. The second-order valence-electron chi connectivity index (χ2n) is 6.50. The van der Waals surface area contributed by atoms with Crippen LogP contribution in [0.4, 0.5) is 0 Å². The lowest BCUT2D eigenvalue weighted by atomic mass is 10.0. The van der Waals surface area contributed by atoms with Gasteiger partial charge in [0.05, 0.1) is 11.5 Å². The minimum absolute atomic E-state index is 0.0273. The summed E-state index contributed by atoms with van der Waals surface area (Å²) in [5.74, 6) is 1.48. The highest BCUT2D eigenvalue weighted by atomic mass is 32.2. The van der Waals surface area contributed by atoms with Gasteiger partial charge in [-0.15, -0.1) is 16.8 Å². The van der Waals surface area contributed by atoms with E-state index in [4.69, 9.17) is 4.42 Å². The molecule has 0 aliphatic heterocycles. The van der Waals surface area contributed by atoms with E-state index in [-0.39, 0.29) is 17.1 Å². The van der Waals surface area contributed by atoms with E-state index in [1.165, 1.54) is 17.3 Å². The number of carbonyl (C=O) groups is 1. The van der Waals surface area contributed by atoms with Crippen molar-refractivity contribution in [2.75, 3.05) is 6.54 Å². The number of benzene rings is 1. The summed E-state index contributed by atoms with van der Waals surface area (Å²) in [7, 11) is 0. The van der Waals surface area contributed by atoms with E-state index < -0.39 is 0 Å². The minimum atomic E-state index is -0.305. The molecule has 0 saturated heterocycles. The molecule has 0 bridgehead atoms. The lowest BCUT2D eigenvalue weighted by Gasteiger charge is -2.16. The Labute approximate surface area is 169 Å². The second-order valence-corrected chi connectivity index (χ2v) is 7.81. The Bertz CT molecular complexity index is 906. The predicted octanol–water partition coefficient (Wildman–Crippen LogP) is 4.12. The summed E-state index contributed by atoms with van der Waals surface area (Å²) in [5.41, 5.74) is 1.21. The van der Waals surface area contributed by atoms with Gasteiger partial charge in [-0.25, -0.2) is 0 Å². The molecule has 0 saturated carbocycles. The number of thioether (sulfide) groups is 1. The van der Waals surface area contributed by atoms with Crippen molar-refractivity contribution >= 4 is 17.7 Å². The minimum Gasteiger partial charge on any atom is -0.461 e. The number of rotatable bonds is 9. The number of hydrogen-bond acceptors (Lipinski definition) is 5. The van der Waals surface area contributed by atoms with E-state index in [1.54, 1.807) is 18.4 Å². The van der Waals surface area contributed by atoms with Crippen molar-refractivity contribution in [3.63, 3.8) is 0 Å². The fourth-order valence-electron chi connectivity index (χ4n) is 2.77. The van der Waals surface area contributed by atoms with Crippen LogP contribution in [-0.2, 0) is 11.3 Å². The number of nitrogens with one attached hydrogen (secondary N) is 1. The van der Waals surface area contributed by atoms with Crippen LogP contribution in [0.25, 0.3) is 11.6 Å². The molecule has 146 valence electrons. The molecule has 1 N–H and O–H groups in total. The third kappa shape index (κ3) is 4.72. The smallest absolute Gasteiger partial charge is 0.233 e. The molecular formula is C21H24N4O2S. The molecule has 3 aromatic rings. The zero-order valence-corrected chi connectivity index (χ0v) is 16.9. The van der Waals surface area contributed by atoms with Gasteiger partial charge in [0.25, 0.3) is 0 Å². The maximum atomic E-state index is 12.6. The van der Waals surface area contributed by atoms with E-state index in [9.17, 15) is 4.79 Å². The van der Waals surface area contributed by atoms with Crippen LogP contribution in [0.1, 0.15) is 25.3 Å². The van der Waals surface area contributed by atoms with Crippen molar-refractivity contribution in [1.82, 2.24) is 20.1 Å². The van der Waals surface area contributed by atoms with Crippen LogP contribution in [0.15, 0.2) is 71.0 Å². The first-order chi connectivity index (χ1) is 13.6. The first kappa shape index (κ1) is 19.9. The molecule has 0 radical (unpaired) electrons. The lowest BCUT2D eigenvalue weighted by molar-refractivity contribution is -0.120. The number of aromatic nitrogens is 3. The highest BCUT2D eigenvalue weighted by molar-refractivity contribution is 8.00. The van der Waals surface area contributed by atoms with Gasteiger partial charge in [0.2, 0.25) is 11.7 Å². The largest absolute Gasteiger partial charge is 0.461 e. The third-order valence-corrected chi connectivity index (χ3v) is 5.45. The maximum Gasteiger partial charge on any atom is 0.233 e. The molecule has 1 amide bonds. The fraction of sp³-hybridized carbons (Fsp3) is 0.286. The van der Waals surface area contributed by atoms with Crippen LogP contribution < -0.4 is 5.32 Å². The molecular weight excluding hydrogens is 372 g/mol. The lowest BCUT2D eigenvalue weighted by Crippen LogP contribution is -2.33. The normalized spacial score (nSPS) is 13.1. The summed E-state index contributed by atoms with van der Waals surface area (Å²) in [6.07, 6.45) is 3.37. The van der Waals surface area contributed by atoms with Crippen LogP contribution in [0.5, 0.6) is 0 Å². The summed E-state index contributed by atoms with van der Waals surface area (Å²) in [5, 5.41) is 11.8. The molecule has 2 unspecified atom stereocenters. The molecule has 0 spiro atoms. The Balaban J connectivity index is 1.63.